The normalized spacial score (nSPS) is 17.7. The van der Waals surface area contributed by atoms with Crippen molar-refractivity contribution >= 4 is 17.2 Å². The third-order valence-corrected chi connectivity index (χ3v) is 6.21. The van der Waals surface area contributed by atoms with E-state index in [0.717, 1.165) is 46.8 Å². The van der Waals surface area contributed by atoms with Gasteiger partial charge in [-0.05, 0) is 33.6 Å². The molecule has 24 heavy (non-hydrogen) atoms. The average Bonchev–Trinajstić information content (AvgIpc) is 3.15. The number of thiazole rings is 1. The summed E-state index contributed by atoms with van der Waals surface area (Å²) in [5.74, 6) is -0.0304. The van der Waals surface area contributed by atoms with Crippen LogP contribution in [0.2, 0.25) is 0 Å². The zero-order valence-corrected chi connectivity index (χ0v) is 15.4. The predicted octanol–water partition coefficient (Wildman–Crippen LogP) is 3.88. The SMILES string of the molecule is Cc1ccc(-c2nc(C)c(C(C)NC(=O)C3(N)CCCC3)s2)cc1. The Bertz CT molecular complexity index is 730. The molecule has 128 valence electrons. The molecule has 1 unspecified atom stereocenters. The number of aromatic nitrogens is 1. The van der Waals surface area contributed by atoms with Gasteiger partial charge in [0, 0.05) is 5.56 Å². The quantitative estimate of drug-likeness (QED) is 0.885. The number of carbonyl (C=O) groups excluding carboxylic acids is 1. The summed E-state index contributed by atoms with van der Waals surface area (Å²) in [5, 5.41) is 4.09. The molecular formula is C19H25N3OS. The van der Waals surface area contributed by atoms with Crippen molar-refractivity contribution in [1.29, 1.82) is 0 Å². The van der Waals surface area contributed by atoms with E-state index in [0.29, 0.717) is 0 Å². The van der Waals surface area contributed by atoms with Gasteiger partial charge >= 0.3 is 0 Å². The summed E-state index contributed by atoms with van der Waals surface area (Å²) in [7, 11) is 0. The molecule has 1 aromatic carbocycles. The fraction of sp³-hybridized carbons (Fsp3) is 0.474. The van der Waals surface area contributed by atoms with E-state index >= 15 is 0 Å². The Labute approximate surface area is 147 Å². The zero-order chi connectivity index (χ0) is 17.3. The van der Waals surface area contributed by atoms with Gasteiger partial charge in [-0.2, -0.15) is 0 Å². The van der Waals surface area contributed by atoms with Crippen molar-refractivity contribution in [1.82, 2.24) is 10.3 Å². The summed E-state index contributed by atoms with van der Waals surface area (Å²) in [6, 6.07) is 8.29. The van der Waals surface area contributed by atoms with Crippen LogP contribution in [0.15, 0.2) is 24.3 Å². The van der Waals surface area contributed by atoms with Crippen LogP contribution in [0.5, 0.6) is 0 Å². The Balaban J connectivity index is 1.77. The minimum Gasteiger partial charge on any atom is -0.347 e. The molecule has 3 N–H and O–H groups in total. The van der Waals surface area contributed by atoms with Crippen LogP contribution in [-0.4, -0.2) is 16.4 Å². The highest BCUT2D eigenvalue weighted by molar-refractivity contribution is 7.15. The second-order valence-electron chi connectivity index (χ2n) is 6.89. The van der Waals surface area contributed by atoms with Gasteiger partial charge in [0.1, 0.15) is 5.01 Å². The van der Waals surface area contributed by atoms with Crippen LogP contribution >= 0.6 is 11.3 Å². The number of carbonyl (C=O) groups is 1. The van der Waals surface area contributed by atoms with Crippen LogP contribution in [0.4, 0.5) is 0 Å². The average molecular weight is 343 g/mol. The van der Waals surface area contributed by atoms with Crippen LogP contribution in [0.3, 0.4) is 0 Å². The van der Waals surface area contributed by atoms with Crippen LogP contribution in [0.1, 0.15) is 54.8 Å². The van der Waals surface area contributed by atoms with Crippen LogP contribution in [-0.2, 0) is 4.79 Å². The molecule has 1 aliphatic carbocycles. The second-order valence-corrected chi connectivity index (χ2v) is 7.92. The van der Waals surface area contributed by atoms with Crippen molar-refractivity contribution in [2.24, 2.45) is 5.73 Å². The van der Waals surface area contributed by atoms with E-state index in [1.807, 2.05) is 13.8 Å². The van der Waals surface area contributed by atoms with Gasteiger partial charge in [-0.25, -0.2) is 4.98 Å². The number of hydrogen-bond donors (Lipinski definition) is 2. The molecule has 1 amide bonds. The maximum atomic E-state index is 12.5. The van der Waals surface area contributed by atoms with Crippen LogP contribution in [0, 0.1) is 13.8 Å². The molecule has 3 rings (SSSR count). The fourth-order valence-electron chi connectivity index (χ4n) is 3.27. The summed E-state index contributed by atoms with van der Waals surface area (Å²) in [6.07, 6.45) is 3.63. The molecular weight excluding hydrogens is 318 g/mol. The predicted molar refractivity (Wildman–Crippen MR) is 99.0 cm³/mol. The highest BCUT2D eigenvalue weighted by Crippen LogP contribution is 2.33. The van der Waals surface area contributed by atoms with E-state index in [9.17, 15) is 4.79 Å². The standard InChI is InChI=1S/C19H25N3OS/c1-12-6-8-15(9-7-12)17-21-13(2)16(24-17)14(3)22-18(23)19(20)10-4-5-11-19/h6-9,14H,4-5,10-11,20H2,1-3H3,(H,22,23). The van der Waals surface area contributed by atoms with Gasteiger partial charge in [0.25, 0.3) is 0 Å². The van der Waals surface area contributed by atoms with Crippen LogP contribution in [0.25, 0.3) is 10.6 Å². The van der Waals surface area contributed by atoms with E-state index in [1.54, 1.807) is 11.3 Å². The molecule has 4 nitrogen and oxygen atoms in total. The molecule has 2 aromatic rings. The van der Waals surface area contributed by atoms with Crippen molar-refractivity contribution in [3.8, 4) is 10.6 Å². The summed E-state index contributed by atoms with van der Waals surface area (Å²) in [4.78, 5) is 18.3. The molecule has 1 aromatic heterocycles. The van der Waals surface area contributed by atoms with E-state index in [1.165, 1.54) is 5.56 Å². The first kappa shape index (κ1) is 17.1. The zero-order valence-electron chi connectivity index (χ0n) is 14.6. The number of nitrogens with two attached hydrogens (primary N) is 1. The van der Waals surface area contributed by atoms with Crippen molar-refractivity contribution in [3.05, 3.63) is 40.4 Å². The maximum Gasteiger partial charge on any atom is 0.240 e. The highest BCUT2D eigenvalue weighted by atomic mass is 32.1. The molecule has 0 saturated heterocycles. The Kier molecular flexibility index (Phi) is 4.74. The largest absolute Gasteiger partial charge is 0.347 e. The van der Waals surface area contributed by atoms with E-state index in [2.05, 4.69) is 41.5 Å². The number of nitrogens with zero attached hydrogens (tertiary/aromatic N) is 1. The van der Waals surface area contributed by atoms with E-state index in [-0.39, 0.29) is 11.9 Å². The van der Waals surface area contributed by atoms with Crippen molar-refractivity contribution < 1.29 is 4.79 Å². The number of aryl methyl sites for hydroxylation is 2. The first-order chi connectivity index (χ1) is 11.4. The smallest absolute Gasteiger partial charge is 0.240 e. The highest BCUT2D eigenvalue weighted by Gasteiger charge is 2.37. The molecule has 1 fully saturated rings. The molecule has 0 radical (unpaired) electrons. The van der Waals surface area contributed by atoms with Crippen LogP contribution < -0.4 is 11.1 Å². The lowest BCUT2D eigenvalue weighted by molar-refractivity contribution is -0.126. The first-order valence-electron chi connectivity index (χ1n) is 8.53. The fourth-order valence-corrected chi connectivity index (χ4v) is 4.34. The van der Waals surface area contributed by atoms with E-state index < -0.39 is 5.54 Å². The Hall–Kier alpha value is -1.72. The molecule has 0 spiro atoms. The van der Waals surface area contributed by atoms with E-state index in [4.69, 9.17) is 5.73 Å². The van der Waals surface area contributed by atoms with Gasteiger partial charge in [0.2, 0.25) is 5.91 Å². The van der Waals surface area contributed by atoms with Gasteiger partial charge in [-0.15, -0.1) is 11.3 Å². The lowest BCUT2D eigenvalue weighted by atomic mass is 9.97. The summed E-state index contributed by atoms with van der Waals surface area (Å²) in [6.45, 7) is 6.08. The summed E-state index contributed by atoms with van der Waals surface area (Å²) < 4.78 is 0. The van der Waals surface area contributed by atoms with Gasteiger partial charge in [-0.1, -0.05) is 42.7 Å². The number of amides is 1. The second kappa shape index (κ2) is 6.65. The third-order valence-electron chi connectivity index (χ3n) is 4.82. The molecule has 5 heteroatoms. The van der Waals surface area contributed by atoms with Crippen molar-refractivity contribution in [3.63, 3.8) is 0 Å². The van der Waals surface area contributed by atoms with Gasteiger partial charge in [0.15, 0.2) is 0 Å². The Morgan fingerprint density at radius 2 is 1.88 bits per heavy atom. The molecule has 1 heterocycles. The number of hydrogen-bond acceptors (Lipinski definition) is 4. The summed E-state index contributed by atoms with van der Waals surface area (Å²) in [5.41, 5.74) is 8.89. The third kappa shape index (κ3) is 3.37. The molecule has 0 bridgehead atoms. The minimum absolute atomic E-state index is 0.0304. The lowest BCUT2D eigenvalue weighted by Gasteiger charge is -2.24. The molecule has 1 atom stereocenters. The number of benzene rings is 1. The van der Waals surface area contributed by atoms with Crippen molar-refractivity contribution in [2.75, 3.05) is 0 Å². The number of rotatable bonds is 4. The van der Waals surface area contributed by atoms with Gasteiger partial charge in [0.05, 0.1) is 22.2 Å². The summed E-state index contributed by atoms with van der Waals surface area (Å²) >= 11 is 1.64. The maximum absolute atomic E-state index is 12.5. The van der Waals surface area contributed by atoms with Crippen molar-refractivity contribution in [2.45, 2.75) is 58.0 Å². The Morgan fingerprint density at radius 1 is 1.25 bits per heavy atom. The van der Waals surface area contributed by atoms with Gasteiger partial charge in [-0.3, -0.25) is 4.79 Å². The molecule has 1 saturated carbocycles. The topological polar surface area (TPSA) is 68.0 Å². The molecule has 1 aliphatic rings. The Morgan fingerprint density at radius 3 is 2.50 bits per heavy atom. The first-order valence-corrected chi connectivity index (χ1v) is 9.35. The van der Waals surface area contributed by atoms with Gasteiger partial charge < -0.3 is 11.1 Å². The lowest BCUT2D eigenvalue weighted by Crippen LogP contribution is -2.52. The molecule has 0 aliphatic heterocycles. The monoisotopic (exact) mass is 343 g/mol. The minimum atomic E-state index is -0.688. The number of nitrogens with one attached hydrogen (secondary N) is 1.